The van der Waals surface area contributed by atoms with E-state index >= 15 is 0 Å². The Kier molecular flexibility index (Phi) is 10.7. The van der Waals surface area contributed by atoms with Crippen LogP contribution in [0, 0.1) is 5.82 Å². The van der Waals surface area contributed by atoms with Gasteiger partial charge in [0.05, 0.1) is 55.1 Å². The molecule has 4 saturated heterocycles. The molecule has 0 aliphatic carbocycles. The van der Waals surface area contributed by atoms with Crippen molar-refractivity contribution in [3.63, 3.8) is 0 Å². The summed E-state index contributed by atoms with van der Waals surface area (Å²) in [7, 11) is 1.62. The summed E-state index contributed by atoms with van der Waals surface area (Å²) in [6.07, 6.45) is 6.65. The molecule has 1 aromatic heterocycles. The zero-order valence-corrected chi connectivity index (χ0v) is 29.1. The molecule has 4 aliphatic rings. The summed E-state index contributed by atoms with van der Waals surface area (Å²) >= 11 is 5.93. The SMILES string of the molecule is C=CC(=O)Nc1cc(Nc2cc(N3OCC[C@@H]3c3ccc(Cl)c(F)c3)ncn2)c(OC)cc1N1CCC(N2CC[C@@H](N3CCOCC3)C2)CC1. The monoisotopic (exact) mass is 706 g/mol. The minimum atomic E-state index is -0.482. The number of nitrogens with zero attached hydrogens (tertiary/aromatic N) is 6. The van der Waals surface area contributed by atoms with Gasteiger partial charge in [0.1, 0.15) is 23.7 Å². The molecule has 2 atom stereocenters. The number of rotatable bonds is 10. The summed E-state index contributed by atoms with van der Waals surface area (Å²) in [5.41, 5.74) is 2.88. The summed E-state index contributed by atoms with van der Waals surface area (Å²) in [6.45, 7) is 11.8. The lowest BCUT2D eigenvalue weighted by Crippen LogP contribution is -2.47. The average Bonchev–Trinajstić information content (AvgIpc) is 3.85. The van der Waals surface area contributed by atoms with Gasteiger partial charge in [0.15, 0.2) is 5.82 Å². The van der Waals surface area contributed by atoms with E-state index in [1.807, 2.05) is 12.1 Å². The molecule has 0 spiro atoms. The van der Waals surface area contributed by atoms with Crippen LogP contribution in [0.1, 0.15) is 37.3 Å². The van der Waals surface area contributed by atoms with Gasteiger partial charge in [-0.25, -0.2) is 19.4 Å². The third kappa shape index (κ3) is 7.52. The first-order valence-corrected chi connectivity index (χ1v) is 17.7. The minimum Gasteiger partial charge on any atom is -0.494 e. The Morgan fingerprint density at radius 3 is 2.54 bits per heavy atom. The van der Waals surface area contributed by atoms with Gasteiger partial charge in [0.2, 0.25) is 5.91 Å². The van der Waals surface area contributed by atoms with E-state index in [0.717, 1.165) is 76.6 Å². The molecule has 1 amide bonds. The predicted molar refractivity (Wildman–Crippen MR) is 192 cm³/mol. The van der Waals surface area contributed by atoms with E-state index in [4.69, 9.17) is 25.9 Å². The number of halogens is 2. The Balaban J connectivity index is 1.07. The standard InChI is InChI=1S/C36H44ClFN8O4/c1-3-36(47)42-29-19-30(41-34-21-35(40-23-39-34)46-31(9-15-50-46)24-4-5-27(37)28(38)18-24)33(48-2)20-32(29)44-10-6-25(7-11-44)45-12-8-26(22-45)43-13-16-49-17-14-43/h3-5,18-21,23,25-26,31H,1,6-17,22H2,2H3,(H,42,47)(H,39,40,41)/t26-,31-/m1/s1. The first kappa shape index (κ1) is 34.4. The van der Waals surface area contributed by atoms with Gasteiger partial charge in [0.25, 0.3) is 0 Å². The molecule has 14 heteroatoms. The quantitative estimate of drug-likeness (QED) is 0.265. The summed E-state index contributed by atoms with van der Waals surface area (Å²) in [4.78, 5) is 35.0. The largest absolute Gasteiger partial charge is 0.494 e. The number of hydrogen-bond acceptors (Lipinski definition) is 11. The van der Waals surface area contributed by atoms with Crippen LogP contribution >= 0.6 is 11.6 Å². The zero-order chi connectivity index (χ0) is 34.6. The number of hydroxylamine groups is 1. The summed E-state index contributed by atoms with van der Waals surface area (Å²) < 4.78 is 25.7. The van der Waals surface area contributed by atoms with E-state index in [9.17, 15) is 9.18 Å². The van der Waals surface area contributed by atoms with E-state index < -0.39 is 5.82 Å². The van der Waals surface area contributed by atoms with Gasteiger partial charge in [-0.2, -0.15) is 0 Å². The number of ether oxygens (including phenoxy) is 2. The highest BCUT2D eigenvalue weighted by Crippen LogP contribution is 2.41. The highest BCUT2D eigenvalue weighted by Gasteiger charge is 2.35. The maximum atomic E-state index is 14.3. The van der Waals surface area contributed by atoms with Gasteiger partial charge in [-0.1, -0.05) is 24.2 Å². The van der Waals surface area contributed by atoms with E-state index in [2.05, 4.69) is 41.9 Å². The number of likely N-dealkylation sites (tertiary alicyclic amines) is 1. The molecule has 266 valence electrons. The summed E-state index contributed by atoms with van der Waals surface area (Å²) in [6, 6.07) is 11.3. The van der Waals surface area contributed by atoms with Crippen molar-refractivity contribution in [3.8, 4) is 5.75 Å². The lowest BCUT2D eigenvalue weighted by atomic mass is 10.0. The maximum Gasteiger partial charge on any atom is 0.247 e. The lowest BCUT2D eigenvalue weighted by Gasteiger charge is -2.39. The number of anilines is 5. The first-order valence-electron chi connectivity index (χ1n) is 17.3. The molecule has 3 aromatic rings. The molecule has 5 heterocycles. The summed E-state index contributed by atoms with van der Waals surface area (Å²) in [5.74, 6) is 0.806. The predicted octanol–water partition coefficient (Wildman–Crippen LogP) is 5.40. The van der Waals surface area contributed by atoms with Crippen LogP contribution in [0.4, 0.5) is 33.1 Å². The van der Waals surface area contributed by atoms with Crippen LogP contribution in [0.25, 0.3) is 0 Å². The first-order chi connectivity index (χ1) is 24.4. The van der Waals surface area contributed by atoms with Crippen molar-refractivity contribution in [2.24, 2.45) is 0 Å². The Hall–Kier alpha value is -4.01. The number of methoxy groups -OCH3 is 1. The Bertz CT molecular complexity index is 1690. The van der Waals surface area contributed by atoms with E-state index in [0.29, 0.717) is 53.9 Å². The number of piperidine rings is 1. The van der Waals surface area contributed by atoms with E-state index in [-0.39, 0.29) is 17.0 Å². The molecule has 7 rings (SSSR count). The average molecular weight is 707 g/mol. The third-order valence-corrected chi connectivity index (χ3v) is 10.5. The Labute approximate surface area is 297 Å². The number of amides is 1. The highest BCUT2D eigenvalue weighted by molar-refractivity contribution is 6.30. The van der Waals surface area contributed by atoms with Crippen molar-refractivity contribution < 1.29 is 23.5 Å². The fourth-order valence-corrected chi connectivity index (χ4v) is 7.70. The Morgan fingerprint density at radius 1 is 0.980 bits per heavy atom. The second-order valence-corrected chi connectivity index (χ2v) is 13.5. The molecule has 0 saturated carbocycles. The fraction of sp³-hybridized carbons (Fsp3) is 0.472. The normalized spacial score (nSPS) is 22.1. The maximum absolute atomic E-state index is 14.3. The van der Waals surface area contributed by atoms with Crippen LogP contribution in [0.3, 0.4) is 0 Å². The molecular weight excluding hydrogens is 663 g/mol. The van der Waals surface area contributed by atoms with Crippen molar-refractivity contribution in [2.75, 3.05) is 86.8 Å². The van der Waals surface area contributed by atoms with E-state index in [1.54, 1.807) is 30.4 Å². The van der Waals surface area contributed by atoms with Gasteiger partial charge in [-0.05, 0) is 49.1 Å². The van der Waals surface area contributed by atoms with Crippen molar-refractivity contribution in [1.82, 2.24) is 19.8 Å². The van der Waals surface area contributed by atoms with Gasteiger partial charge >= 0.3 is 0 Å². The second-order valence-electron chi connectivity index (χ2n) is 13.1. The molecule has 0 unspecified atom stereocenters. The molecule has 2 N–H and O–H groups in total. The number of aromatic nitrogens is 2. The topological polar surface area (TPSA) is 108 Å². The van der Waals surface area contributed by atoms with Crippen LogP contribution in [-0.4, -0.2) is 104 Å². The summed E-state index contributed by atoms with van der Waals surface area (Å²) in [5, 5.41) is 8.09. The van der Waals surface area contributed by atoms with Crippen LogP contribution in [-0.2, 0) is 14.4 Å². The van der Waals surface area contributed by atoms with Crippen LogP contribution in [0.2, 0.25) is 5.02 Å². The number of morpholine rings is 1. The second kappa shape index (κ2) is 15.5. The van der Waals surface area contributed by atoms with Crippen molar-refractivity contribution >= 4 is 46.2 Å². The molecule has 2 aromatic carbocycles. The van der Waals surface area contributed by atoms with Crippen LogP contribution < -0.4 is 25.3 Å². The molecule has 50 heavy (non-hydrogen) atoms. The van der Waals surface area contributed by atoms with Gasteiger partial charge in [-0.3, -0.25) is 19.4 Å². The van der Waals surface area contributed by atoms with E-state index in [1.165, 1.54) is 24.9 Å². The van der Waals surface area contributed by atoms with Gasteiger partial charge in [0, 0.05) is 69.9 Å². The molecule has 0 bridgehead atoms. The third-order valence-electron chi connectivity index (χ3n) is 10.2. The number of carbonyl (C=O) groups is 1. The van der Waals surface area contributed by atoms with Crippen molar-refractivity contribution in [2.45, 2.75) is 43.8 Å². The van der Waals surface area contributed by atoms with Crippen LogP contribution in [0.15, 0.2) is 55.4 Å². The van der Waals surface area contributed by atoms with Gasteiger partial charge < -0.3 is 25.0 Å². The fourth-order valence-electron chi connectivity index (χ4n) is 7.58. The number of carbonyl (C=O) groups excluding carboxylic acids is 1. The number of benzene rings is 2. The van der Waals surface area contributed by atoms with Crippen molar-refractivity contribution in [3.05, 3.63) is 71.8 Å². The van der Waals surface area contributed by atoms with Crippen LogP contribution in [0.5, 0.6) is 5.75 Å². The molecule has 4 fully saturated rings. The smallest absolute Gasteiger partial charge is 0.247 e. The molecular formula is C36H44ClFN8O4. The van der Waals surface area contributed by atoms with Crippen molar-refractivity contribution in [1.29, 1.82) is 0 Å². The number of nitrogens with one attached hydrogen (secondary N) is 2. The molecule has 4 aliphatic heterocycles. The lowest BCUT2D eigenvalue weighted by molar-refractivity contribution is -0.111. The molecule has 0 radical (unpaired) electrons. The minimum absolute atomic E-state index is 0.0701. The molecule has 12 nitrogen and oxygen atoms in total. The Morgan fingerprint density at radius 2 is 1.78 bits per heavy atom. The van der Waals surface area contributed by atoms with Gasteiger partial charge in [-0.15, -0.1) is 0 Å². The zero-order valence-electron chi connectivity index (χ0n) is 28.3. The number of hydrogen-bond donors (Lipinski definition) is 2. The highest BCUT2D eigenvalue weighted by atomic mass is 35.5.